The van der Waals surface area contributed by atoms with Gasteiger partial charge >= 0.3 is 0 Å². The predicted molar refractivity (Wildman–Crippen MR) is 78.7 cm³/mol. The van der Waals surface area contributed by atoms with Gasteiger partial charge in [0.15, 0.2) is 0 Å². The lowest BCUT2D eigenvalue weighted by Gasteiger charge is -2.41. The Morgan fingerprint density at radius 1 is 1.21 bits per heavy atom. The van der Waals surface area contributed by atoms with Crippen LogP contribution < -0.4 is 5.32 Å². The molecule has 1 saturated carbocycles. The molecule has 110 valence electrons. The summed E-state index contributed by atoms with van der Waals surface area (Å²) in [6.45, 7) is 8.83. The van der Waals surface area contributed by atoms with Crippen molar-refractivity contribution in [3.8, 4) is 0 Å². The largest absolute Gasteiger partial charge is 0.322 e. The second-order valence-electron chi connectivity index (χ2n) is 6.58. The van der Waals surface area contributed by atoms with Gasteiger partial charge in [-0.15, -0.1) is 0 Å². The van der Waals surface area contributed by atoms with Crippen LogP contribution in [-0.2, 0) is 4.79 Å². The normalized spacial score (nSPS) is 36.3. The third kappa shape index (κ3) is 2.81. The highest BCUT2D eigenvalue weighted by Gasteiger charge is 2.44. The molecule has 0 spiro atoms. The molecule has 0 radical (unpaired) electrons. The summed E-state index contributed by atoms with van der Waals surface area (Å²) >= 11 is 0. The summed E-state index contributed by atoms with van der Waals surface area (Å²) in [5.41, 5.74) is 0. The van der Waals surface area contributed by atoms with E-state index in [0.717, 1.165) is 6.42 Å². The molecule has 1 heterocycles. The van der Waals surface area contributed by atoms with Gasteiger partial charge in [-0.3, -0.25) is 10.1 Å². The average Bonchev–Trinajstić information content (AvgIpc) is 2.75. The molecule has 1 saturated heterocycles. The van der Waals surface area contributed by atoms with Crippen LogP contribution >= 0.6 is 0 Å². The number of carbonyl (C=O) groups excluding carboxylic acids is 1. The van der Waals surface area contributed by atoms with Gasteiger partial charge in [0.05, 0.1) is 12.2 Å². The molecule has 0 aromatic carbocycles. The van der Waals surface area contributed by atoms with Crippen LogP contribution in [0.25, 0.3) is 0 Å². The fraction of sp³-hybridized carbons (Fsp3) is 0.938. The summed E-state index contributed by atoms with van der Waals surface area (Å²) in [6.07, 6.45) is 7.48. The van der Waals surface area contributed by atoms with Crippen LogP contribution in [0.1, 0.15) is 66.2 Å². The van der Waals surface area contributed by atoms with E-state index in [-0.39, 0.29) is 12.2 Å². The Bertz CT molecular complexity index is 316. The zero-order valence-electron chi connectivity index (χ0n) is 13.0. The first-order chi connectivity index (χ1) is 9.10. The smallest absolute Gasteiger partial charge is 0.241 e. The molecule has 19 heavy (non-hydrogen) atoms. The number of nitrogens with zero attached hydrogens (tertiary/aromatic N) is 1. The second-order valence-corrected chi connectivity index (χ2v) is 6.58. The zero-order valence-corrected chi connectivity index (χ0v) is 13.0. The highest BCUT2D eigenvalue weighted by molar-refractivity contribution is 5.84. The molecular formula is C16H30N2O. The maximum atomic E-state index is 12.7. The van der Waals surface area contributed by atoms with E-state index < -0.39 is 0 Å². The Morgan fingerprint density at radius 3 is 2.47 bits per heavy atom. The Kier molecular flexibility index (Phi) is 4.88. The second kappa shape index (κ2) is 6.25. The molecule has 1 aliphatic heterocycles. The van der Waals surface area contributed by atoms with Gasteiger partial charge in [-0.25, -0.2) is 0 Å². The van der Waals surface area contributed by atoms with Crippen LogP contribution in [0.5, 0.6) is 0 Å². The monoisotopic (exact) mass is 266 g/mol. The Morgan fingerprint density at radius 2 is 1.89 bits per heavy atom. The standard InChI is InChI=1S/C16H30N2O/c1-5-12-9-7-8-10-14(12)18-15(11(3)4)17-13(6-2)16(18)19/h11-15,17H,5-10H2,1-4H3. The zero-order chi connectivity index (χ0) is 14.0. The van der Waals surface area contributed by atoms with Crippen LogP contribution in [-0.4, -0.2) is 29.1 Å². The lowest BCUT2D eigenvalue weighted by molar-refractivity contribution is -0.135. The van der Waals surface area contributed by atoms with E-state index in [9.17, 15) is 4.79 Å². The number of carbonyl (C=O) groups is 1. The number of hydrogen-bond acceptors (Lipinski definition) is 2. The summed E-state index contributed by atoms with van der Waals surface area (Å²) in [5, 5.41) is 3.56. The molecule has 2 aliphatic rings. The van der Waals surface area contributed by atoms with Gasteiger partial charge in [0, 0.05) is 6.04 Å². The van der Waals surface area contributed by atoms with Gasteiger partial charge < -0.3 is 4.90 Å². The van der Waals surface area contributed by atoms with Crippen molar-refractivity contribution >= 4 is 5.91 Å². The number of nitrogens with one attached hydrogen (secondary N) is 1. The minimum Gasteiger partial charge on any atom is -0.322 e. The average molecular weight is 266 g/mol. The van der Waals surface area contributed by atoms with E-state index in [1.807, 2.05) is 0 Å². The van der Waals surface area contributed by atoms with Crippen molar-refractivity contribution in [3.05, 3.63) is 0 Å². The summed E-state index contributed by atoms with van der Waals surface area (Å²) in [7, 11) is 0. The van der Waals surface area contributed by atoms with Crippen molar-refractivity contribution in [1.82, 2.24) is 10.2 Å². The fourth-order valence-corrected chi connectivity index (χ4v) is 3.88. The molecule has 1 aliphatic carbocycles. The fourth-order valence-electron chi connectivity index (χ4n) is 3.88. The Hall–Kier alpha value is -0.570. The summed E-state index contributed by atoms with van der Waals surface area (Å²) in [5.74, 6) is 1.54. The first kappa shape index (κ1) is 14.8. The van der Waals surface area contributed by atoms with Crippen molar-refractivity contribution in [1.29, 1.82) is 0 Å². The molecule has 0 aromatic heterocycles. The van der Waals surface area contributed by atoms with Crippen LogP contribution in [0.2, 0.25) is 0 Å². The highest BCUT2D eigenvalue weighted by atomic mass is 16.2. The maximum absolute atomic E-state index is 12.7. The number of amides is 1. The van der Waals surface area contributed by atoms with Crippen molar-refractivity contribution < 1.29 is 4.79 Å². The van der Waals surface area contributed by atoms with Crippen LogP contribution in [0, 0.1) is 11.8 Å². The van der Waals surface area contributed by atoms with Gasteiger partial charge in [-0.1, -0.05) is 47.0 Å². The van der Waals surface area contributed by atoms with Gasteiger partial charge in [-0.05, 0) is 31.1 Å². The van der Waals surface area contributed by atoms with E-state index in [2.05, 4.69) is 37.9 Å². The molecule has 3 heteroatoms. The van der Waals surface area contributed by atoms with Gasteiger partial charge in [0.25, 0.3) is 0 Å². The minimum atomic E-state index is 0.0480. The summed E-state index contributed by atoms with van der Waals surface area (Å²) in [4.78, 5) is 14.9. The van der Waals surface area contributed by atoms with E-state index >= 15 is 0 Å². The summed E-state index contributed by atoms with van der Waals surface area (Å²) in [6, 6.07) is 0.523. The molecule has 0 aromatic rings. The summed E-state index contributed by atoms with van der Waals surface area (Å²) < 4.78 is 0. The molecule has 0 bridgehead atoms. The van der Waals surface area contributed by atoms with E-state index in [1.54, 1.807) is 0 Å². The molecule has 1 amide bonds. The van der Waals surface area contributed by atoms with Crippen LogP contribution in [0.15, 0.2) is 0 Å². The molecule has 4 unspecified atom stereocenters. The molecule has 3 nitrogen and oxygen atoms in total. The Balaban J connectivity index is 2.20. The topological polar surface area (TPSA) is 32.3 Å². The van der Waals surface area contributed by atoms with E-state index in [0.29, 0.717) is 23.8 Å². The predicted octanol–water partition coefficient (Wildman–Crippen LogP) is 3.15. The molecule has 2 rings (SSSR count). The van der Waals surface area contributed by atoms with Gasteiger partial charge in [0.1, 0.15) is 0 Å². The lowest BCUT2D eigenvalue weighted by atomic mass is 9.81. The third-order valence-corrected chi connectivity index (χ3v) is 5.01. The van der Waals surface area contributed by atoms with Crippen molar-refractivity contribution in [2.24, 2.45) is 11.8 Å². The van der Waals surface area contributed by atoms with Crippen molar-refractivity contribution in [2.45, 2.75) is 84.5 Å². The van der Waals surface area contributed by atoms with E-state index in [1.165, 1.54) is 32.1 Å². The van der Waals surface area contributed by atoms with Gasteiger partial charge in [0.2, 0.25) is 5.91 Å². The SMILES string of the molecule is CCC1NC(C(C)C)N(C2CCCCC2CC)C1=O. The van der Waals surface area contributed by atoms with Crippen LogP contribution in [0.4, 0.5) is 0 Å². The number of rotatable bonds is 4. The lowest BCUT2D eigenvalue weighted by Crippen LogP contribution is -2.51. The first-order valence-corrected chi connectivity index (χ1v) is 8.18. The highest BCUT2D eigenvalue weighted by Crippen LogP contribution is 2.35. The van der Waals surface area contributed by atoms with E-state index in [4.69, 9.17) is 0 Å². The minimum absolute atomic E-state index is 0.0480. The van der Waals surface area contributed by atoms with Gasteiger partial charge in [-0.2, -0.15) is 0 Å². The molecule has 2 fully saturated rings. The molecular weight excluding hydrogens is 236 g/mol. The Labute approximate surface area is 118 Å². The van der Waals surface area contributed by atoms with Crippen LogP contribution in [0.3, 0.4) is 0 Å². The van der Waals surface area contributed by atoms with Crippen molar-refractivity contribution in [3.63, 3.8) is 0 Å². The molecule has 4 atom stereocenters. The third-order valence-electron chi connectivity index (χ3n) is 5.01. The quantitative estimate of drug-likeness (QED) is 0.848. The van der Waals surface area contributed by atoms with Crippen molar-refractivity contribution in [2.75, 3.05) is 0 Å². The number of hydrogen-bond donors (Lipinski definition) is 1. The maximum Gasteiger partial charge on any atom is 0.241 e. The molecule has 1 N–H and O–H groups in total. The first-order valence-electron chi connectivity index (χ1n) is 8.18.